The molecule has 0 aliphatic carbocycles. The summed E-state index contributed by atoms with van der Waals surface area (Å²) in [5.74, 6) is 0.822. The van der Waals surface area contributed by atoms with Crippen molar-refractivity contribution in [2.75, 3.05) is 33.2 Å². The molecule has 2 saturated heterocycles. The van der Waals surface area contributed by atoms with Crippen molar-refractivity contribution in [2.24, 2.45) is 5.92 Å². The molecule has 4 nitrogen and oxygen atoms in total. The van der Waals surface area contributed by atoms with Gasteiger partial charge < -0.3 is 15.5 Å². The van der Waals surface area contributed by atoms with E-state index in [-0.39, 0.29) is 11.4 Å². The summed E-state index contributed by atoms with van der Waals surface area (Å²) < 4.78 is 0. The number of rotatable bonds is 3. The smallest absolute Gasteiger partial charge is 0.240 e. The molecule has 2 N–H and O–H groups in total. The first kappa shape index (κ1) is 12.8. The van der Waals surface area contributed by atoms with Crippen LogP contribution in [0.1, 0.15) is 32.6 Å². The average molecular weight is 239 g/mol. The Morgan fingerprint density at radius 3 is 2.94 bits per heavy atom. The van der Waals surface area contributed by atoms with Crippen molar-refractivity contribution in [3.8, 4) is 0 Å². The zero-order valence-electron chi connectivity index (χ0n) is 11.1. The molecular formula is C13H25N3O. The van der Waals surface area contributed by atoms with Crippen LogP contribution in [-0.4, -0.2) is 49.6 Å². The van der Waals surface area contributed by atoms with Crippen molar-refractivity contribution >= 4 is 5.91 Å². The van der Waals surface area contributed by atoms with Gasteiger partial charge in [-0.2, -0.15) is 0 Å². The quantitative estimate of drug-likeness (QED) is 0.757. The maximum Gasteiger partial charge on any atom is 0.240 e. The largest absolute Gasteiger partial charge is 0.354 e. The molecule has 2 atom stereocenters. The van der Waals surface area contributed by atoms with E-state index >= 15 is 0 Å². The van der Waals surface area contributed by atoms with Crippen LogP contribution in [0, 0.1) is 5.92 Å². The van der Waals surface area contributed by atoms with E-state index in [2.05, 4.69) is 22.6 Å². The molecule has 17 heavy (non-hydrogen) atoms. The van der Waals surface area contributed by atoms with E-state index in [0.29, 0.717) is 5.92 Å². The Morgan fingerprint density at radius 2 is 2.35 bits per heavy atom. The number of amides is 1. The standard InChI is InChI=1S/C13H25N3O/c1-13(6-3-4-7-15-13)12(17)14-9-11-5-8-16(2)10-11/h11,15H,3-10H2,1-2H3,(H,14,17). The van der Waals surface area contributed by atoms with Crippen molar-refractivity contribution in [3.05, 3.63) is 0 Å². The molecule has 4 heteroatoms. The van der Waals surface area contributed by atoms with E-state index in [9.17, 15) is 4.79 Å². The van der Waals surface area contributed by atoms with Gasteiger partial charge in [-0.3, -0.25) is 4.79 Å². The second-order valence-corrected chi connectivity index (χ2v) is 5.84. The molecule has 2 aliphatic rings. The first-order chi connectivity index (χ1) is 8.10. The van der Waals surface area contributed by atoms with E-state index in [1.807, 2.05) is 6.92 Å². The number of carbonyl (C=O) groups is 1. The van der Waals surface area contributed by atoms with Crippen molar-refractivity contribution in [3.63, 3.8) is 0 Å². The predicted molar refractivity (Wildman–Crippen MR) is 68.9 cm³/mol. The topological polar surface area (TPSA) is 44.4 Å². The van der Waals surface area contributed by atoms with Gasteiger partial charge in [-0.1, -0.05) is 0 Å². The fourth-order valence-corrected chi connectivity index (χ4v) is 2.88. The molecule has 0 radical (unpaired) electrons. The van der Waals surface area contributed by atoms with Crippen LogP contribution in [0.5, 0.6) is 0 Å². The maximum atomic E-state index is 12.2. The Kier molecular flexibility index (Phi) is 4.05. The molecule has 0 spiro atoms. The van der Waals surface area contributed by atoms with Gasteiger partial charge in [0.15, 0.2) is 0 Å². The van der Waals surface area contributed by atoms with Gasteiger partial charge in [0.25, 0.3) is 0 Å². The number of hydrogen-bond donors (Lipinski definition) is 2. The lowest BCUT2D eigenvalue weighted by atomic mass is 9.90. The van der Waals surface area contributed by atoms with E-state index in [0.717, 1.165) is 39.0 Å². The summed E-state index contributed by atoms with van der Waals surface area (Å²) in [6.07, 6.45) is 4.52. The molecule has 2 rings (SSSR count). The molecule has 2 heterocycles. The van der Waals surface area contributed by atoms with Gasteiger partial charge >= 0.3 is 0 Å². The molecule has 98 valence electrons. The monoisotopic (exact) mass is 239 g/mol. The summed E-state index contributed by atoms with van der Waals surface area (Å²) in [6.45, 7) is 6.11. The van der Waals surface area contributed by atoms with Gasteiger partial charge in [-0.15, -0.1) is 0 Å². The predicted octanol–water partition coefficient (Wildman–Crippen LogP) is 0.587. The first-order valence-electron chi connectivity index (χ1n) is 6.82. The lowest BCUT2D eigenvalue weighted by Gasteiger charge is -2.33. The van der Waals surface area contributed by atoms with Crippen LogP contribution in [0.4, 0.5) is 0 Å². The van der Waals surface area contributed by atoms with Crippen LogP contribution >= 0.6 is 0 Å². The minimum atomic E-state index is -0.331. The van der Waals surface area contributed by atoms with Gasteiger partial charge in [-0.25, -0.2) is 0 Å². The highest BCUT2D eigenvalue weighted by molar-refractivity contribution is 5.85. The number of hydrogen-bond acceptors (Lipinski definition) is 3. The lowest BCUT2D eigenvalue weighted by Crippen LogP contribution is -2.57. The average Bonchev–Trinajstić information content (AvgIpc) is 2.73. The van der Waals surface area contributed by atoms with Crippen LogP contribution < -0.4 is 10.6 Å². The molecule has 0 bridgehead atoms. The SMILES string of the molecule is CN1CCC(CNC(=O)C2(C)CCCCN2)C1. The third-order valence-corrected chi connectivity index (χ3v) is 4.16. The molecule has 0 aromatic heterocycles. The zero-order chi connectivity index (χ0) is 12.3. The molecule has 2 unspecified atom stereocenters. The summed E-state index contributed by atoms with van der Waals surface area (Å²) in [6, 6.07) is 0. The van der Waals surface area contributed by atoms with E-state index < -0.39 is 0 Å². The van der Waals surface area contributed by atoms with Gasteiger partial charge in [0, 0.05) is 13.1 Å². The summed E-state index contributed by atoms with van der Waals surface area (Å²) in [5, 5.41) is 6.48. The Labute approximate surface area is 104 Å². The molecule has 1 amide bonds. The second-order valence-electron chi connectivity index (χ2n) is 5.84. The number of likely N-dealkylation sites (tertiary alicyclic amines) is 1. The summed E-state index contributed by atoms with van der Waals surface area (Å²) in [4.78, 5) is 14.5. The highest BCUT2D eigenvalue weighted by Gasteiger charge is 2.34. The van der Waals surface area contributed by atoms with E-state index in [1.165, 1.54) is 12.8 Å². The molecule has 0 aromatic carbocycles. The maximum absolute atomic E-state index is 12.2. The fourth-order valence-electron chi connectivity index (χ4n) is 2.88. The van der Waals surface area contributed by atoms with Crippen LogP contribution in [0.25, 0.3) is 0 Å². The highest BCUT2D eigenvalue weighted by atomic mass is 16.2. The molecule has 0 aromatic rings. The van der Waals surface area contributed by atoms with Crippen molar-refractivity contribution < 1.29 is 4.79 Å². The number of nitrogens with one attached hydrogen (secondary N) is 2. The van der Waals surface area contributed by atoms with Crippen molar-refractivity contribution in [1.82, 2.24) is 15.5 Å². The Morgan fingerprint density at radius 1 is 1.53 bits per heavy atom. The minimum Gasteiger partial charge on any atom is -0.354 e. The van der Waals surface area contributed by atoms with Crippen molar-refractivity contribution in [2.45, 2.75) is 38.1 Å². The molecule has 0 saturated carbocycles. The molecule has 2 fully saturated rings. The number of carbonyl (C=O) groups excluding carboxylic acids is 1. The normalized spacial score (nSPS) is 34.8. The Bertz CT molecular complexity index is 274. The second kappa shape index (κ2) is 5.36. The van der Waals surface area contributed by atoms with Gasteiger partial charge in [0.1, 0.15) is 0 Å². The fraction of sp³-hybridized carbons (Fsp3) is 0.923. The van der Waals surface area contributed by atoms with Crippen LogP contribution in [-0.2, 0) is 4.79 Å². The van der Waals surface area contributed by atoms with Crippen LogP contribution in [0.15, 0.2) is 0 Å². The van der Waals surface area contributed by atoms with E-state index in [1.54, 1.807) is 0 Å². The summed E-state index contributed by atoms with van der Waals surface area (Å²) in [5.41, 5.74) is -0.331. The third kappa shape index (κ3) is 3.19. The summed E-state index contributed by atoms with van der Waals surface area (Å²) >= 11 is 0. The van der Waals surface area contributed by atoms with Crippen LogP contribution in [0.3, 0.4) is 0 Å². The first-order valence-corrected chi connectivity index (χ1v) is 6.82. The Hall–Kier alpha value is -0.610. The Balaban J connectivity index is 1.76. The third-order valence-electron chi connectivity index (χ3n) is 4.16. The number of nitrogens with zero attached hydrogens (tertiary/aromatic N) is 1. The zero-order valence-corrected chi connectivity index (χ0v) is 11.1. The van der Waals surface area contributed by atoms with Gasteiger partial charge in [0.05, 0.1) is 5.54 Å². The summed E-state index contributed by atoms with van der Waals surface area (Å²) in [7, 11) is 2.14. The lowest BCUT2D eigenvalue weighted by molar-refractivity contribution is -0.128. The highest BCUT2D eigenvalue weighted by Crippen LogP contribution is 2.19. The minimum absolute atomic E-state index is 0.187. The van der Waals surface area contributed by atoms with Gasteiger partial charge in [0.2, 0.25) is 5.91 Å². The van der Waals surface area contributed by atoms with E-state index in [4.69, 9.17) is 0 Å². The van der Waals surface area contributed by atoms with Crippen molar-refractivity contribution in [1.29, 1.82) is 0 Å². The van der Waals surface area contributed by atoms with Crippen LogP contribution in [0.2, 0.25) is 0 Å². The number of piperidine rings is 1. The van der Waals surface area contributed by atoms with Gasteiger partial charge in [-0.05, 0) is 58.7 Å². The molecular weight excluding hydrogens is 214 g/mol. The molecule has 2 aliphatic heterocycles.